The van der Waals surface area contributed by atoms with Gasteiger partial charge >= 0.3 is 6.01 Å². The maximum atomic E-state index is 5.65. The molecule has 0 fully saturated rings. The Morgan fingerprint density at radius 2 is 2.10 bits per heavy atom. The van der Waals surface area contributed by atoms with E-state index >= 15 is 0 Å². The number of nitrogens with two attached hydrogens (primary N) is 1. The van der Waals surface area contributed by atoms with Crippen LogP contribution < -0.4 is 15.8 Å². The second-order valence-corrected chi connectivity index (χ2v) is 4.81. The lowest BCUT2D eigenvalue weighted by atomic mass is 10.1. The first-order chi connectivity index (χ1) is 10.2. The molecule has 0 amide bonds. The Hall–Kier alpha value is -2.37. The molecule has 0 aliphatic carbocycles. The summed E-state index contributed by atoms with van der Waals surface area (Å²) in [6.07, 6.45) is 1.78. The molecule has 6 nitrogen and oxygen atoms in total. The Bertz CT molecular complexity index is 588. The van der Waals surface area contributed by atoms with Crippen molar-refractivity contribution in [1.29, 1.82) is 0 Å². The number of nitrogen functional groups attached to an aromatic ring is 1. The Morgan fingerprint density at radius 1 is 1.24 bits per heavy atom. The van der Waals surface area contributed by atoms with Crippen LogP contribution in [0.15, 0.2) is 24.3 Å². The van der Waals surface area contributed by atoms with E-state index in [-0.39, 0.29) is 12.0 Å². The zero-order valence-corrected chi connectivity index (χ0v) is 12.5. The highest BCUT2D eigenvalue weighted by Gasteiger charge is 2.05. The summed E-state index contributed by atoms with van der Waals surface area (Å²) in [5, 5.41) is 3.15. The number of hydrogen-bond donors (Lipinski definition) is 2. The topological polar surface area (TPSA) is 86.0 Å². The molecular formula is C15H21N5O. The van der Waals surface area contributed by atoms with E-state index in [9.17, 15) is 0 Å². The number of benzene rings is 1. The first-order valence-electron chi connectivity index (χ1n) is 7.11. The van der Waals surface area contributed by atoms with Crippen LogP contribution >= 0.6 is 0 Å². The van der Waals surface area contributed by atoms with Crippen LogP contribution in [0.1, 0.15) is 24.5 Å². The average Bonchev–Trinajstić information content (AvgIpc) is 2.45. The van der Waals surface area contributed by atoms with E-state index < -0.39 is 0 Å². The number of nitrogens with one attached hydrogen (secondary N) is 1. The van der Waals surface area contributed by atoms with Crippen molar-refractivity contribution >= 4 is 11.9 Å². The van der Waals surface area contributed by atoms with Crippen LogP contribution in [0.4, 0.5) is 11.9 Å². The van der Waals surface area contributed by atoms with Crippen LogP contribution in [0.25, 0.3) is 0 Å². The number of aromatic nitrogens is 3. The highest BCUT2D eigenvalue weighted by molar-refractivity contribution is 5.33. The van der Waals surface area contributed by atoms with E-state index in [0.29, 0.717) is 12.6 Å². The number of rotatable bonds is 7. The molecule has 0 unspecified atom stereocenters. The van der Waals surface area contributed by atoms with Crippen LogP contribution in [0.5, 0.6) is 6.01 Å². The molecule has 0 atom stereocenters. The van der Waals surface area contributed by atoms with Gasteiger partial charge in [-0.3, -0.25) is 0 Å². The quantitative estimate of drug-likeness (QED) is 0.812. The van der Waals surface area contributed by atoms with Gasteiger partial charge in [-0.1, -0.05) is 36.8 Å². The number of anilines is 2. The van der Waals surface area contributed by atoms with Crippen LogP contribution in [-0.4, -0.2) is 28.1 Å². The van der Waals surface area contributed by atoms with Crippen LogP contribution in [-0.2, 0) is 6.42 Å². The van der Waals surface area contributed by atoms with E-state index in [2.05, 4.69) is 51.5 Å². The van der Waals surface area contributed by atoms with Gasteiger partial charge in [0.15, 0.2) is 0 Å². The Labute approximate surface area is 124 Å². The number of ether oxygens (including phenoxy) is 1. The Kier molecular flexibility index (Phi) is 5.31. The van der Waals surface area contributed by atoms with Gasteiger partial charge in [0.1, 0.15) is 0 Å². The third-order valence-electron chi connectivity index (χ3n) is 2.85. The predicted octanol–water partition coefficient (Wildman–Crippen LogP) is 2.21. The third kappa shape index (κ3) is 4.91. The largest absolute Gasteiger partial charge is 0.463 e. The molecule has 21 heavy (non-hydrogen) atoms. The van der Waals surface area contributed by atoms with Crippen molar-refractivity contribution in [1.82, 2.24) is 15.0 Å². The highest BCUT2D eigenvalue weighted by atomic mass is 16.5. The molecule has 0 saturated heterocycles. The van der Waals surface area contributed by atoms with Crippen LogP contribution in [0.2, 0.25) is 0 Å². The van der Waals surface area contributed by atoms with Crippen molar-refractivity contribution in [2.75, 3.05) is 24.2 Å². The van der Waals surface area contributed by atoms with E-state index in [1.807, 2.05) is 6.92 Å². The minimum Gasteiger partial charge on any atom is -0.463 e. The summed E-state index contributed by atoms with van der Waals surface area (Å²) in [6.45, 7) is 5.39. The van der Waals surface area contributed by atoms with Crippen molar-refractivity contribution in [2.45, 2.75) is 26.7 Å². The third-order valence-corrected chi connectivity index (χ3v) is 2.85. The number of hydrogen-bond acceptors (Lipinski definition) is 6. The minimum absolute atomic E-state index is 0.161. The molecule has 1 heterocycles. The predicted molar refractivity (Wildman–Crippen MR) is 83.4 cm³/mol. The molecule has 6 heteroatoms. The number of aryl methyl sites for hydroxylation is 1. The van der Waals surface area contributed by atoms with Gasteiger partial charge in [-0.25, -0.2) is 0 Å². The summed E-state index contributed by atoms with van der Waals surface area (Å²) in [5.41, 5.74) is 8.18. The maximum absolute atomic E-state index is 5.65. The Morgan fingerprint density at radius 3 is 2.86 bits per heavy atom. The summed E-state index contributed by atoms with van der Waals surface area (Å²) < 4.78 is 5.37. The van der Waals surface area contributed by atoms with Gasteiger partial charge in [-0.2, -0.15) is 15.0 Å². The van der Waals surface area contributed by atoms with Gasteiger partial charge in [0.25, 0.3) is 0 Å². The summed E-state index contributed by atoms with van der Waals surface area (Å²) >= 11 is 0. The van der Waals surface area contributed by atoms with Gasteiger partial charge < -0.3 is 15.8 Å². The lowest BCUT2D eigenvalue weighted by molar-refractivity contribution is 0.292. The second-order valence-electron chi connectivity index (χ2n) is 4.81. The number of nitrogens with zero attached hydrogens (tertiary/aromatic N) is 3. The summed E-state index contributed by atoms with van der Waals surface area (Å²) in [4.78, 5) is 12.2. The molecule has 0 spiro atoms. The Balaban J connectivity index is 1.91. The monoisotopic (exact) mass is 287 g/mol. The summed E-state index contributed by atoms with van der Waals surface area (Å²) in [5.74, 6) is 0.607. The standard InChI is InChI=1S/C15H21N5O/c1-3-9-21-15-19-13(16)18-14(20-15)17-8-7-12-6-4-5-11(2)10-12/h4-6,10H,3,7-9H2,1-2H3,(H3,16,17,18,19,20). The van der Waals surface area contributed by atoms with E-state index in [0.717, 1.165) is 19.4 Å². The molecule has 0 aliphatic rings. The summed E-state index contributed by atoms with van der Waals surface area (Å²) in [7, 11) is 0. The van der Waals surface area contributed by atoms with Crippen molar-refractivity contribution in [3.63, 3.8) is 0 Å². The zero-order chi connectivity index (χ0) is 15.1. The average molecular weight is 287 g/mol. The molecule has 1 aromatic carbocycles. The van der Waals surface area contributed by atoms with E-state index in [4.69, 9.17) is 10.5 Å². The molecule has 2 aromatic rings. The van der Waals surface area contributed by atoms with Gasteiger partial charge in [0.2, 0.25) is 11.9 Å². The smallest absolute Gasteiger partial charge is 0.323 e. The molecule has 0 bridgehead atoms. The summed E-state index contributed by atoms with van der Waals surface area (Å²) in [6, 6.07) is 8.68. The molecule has 112 valence electrons. The first kappa shape index (κ1) is 15.0. The maximum Gasteiger partial charge on any atom is 0.323 e. The molecule has 0 radical (unpaired) electrons. The second kappa shape index (κ2) is 7.42. The lowest BCUT2D eigenvalue weighted by Gasteiger charge is -2.08. The molecule has 2 rings (SSSR count). The van der Waals surface area contributed by atoms with Crippen LogP contribution in [0.3, 0.4) is 0 Å². The molecule has 0 saturated carbocycles. The van der Waals surface area contributed by atoms with Crippen molar-refractivity contribution < 1.29 is 4.74 Å². The highest BCUT2D eigenvalue weighted by Crippen LogP contribution is 2.10. The normalized spacial score (nSPS) is 10.4. The fraction of sp³-hybridized carbons (Fsp3) is 0.400. The fourth-order valence-corrected chi connectivity index (χ4v) is 1.90. The fourth-order valence-electron chi connectivity index (χ4n) is 1.90. The lowest BCUT2D eigenvalue weighted by Crippen LogP contribution is -2.11. The first-order valence-corrected chi connectivity index (χ1v) is 7.11. The van der Waals surface area contributed by atoms with Crippen molar-refractivity contribution in [3.05, 3.63) is 35.4 Å². The SMILES string of the molecule is CCCOc1nc(N)nc(NCCc2cccc(C)c2)n1. The van der Waals surface area contributed by atoms with E-state index in [1.165, 1.54) is 11.1 Å². The zero-order valence-electron chi connectivity index (χ0n) is 12.5. The van der Waals surface area contributed by atoms with E-state index in [1.54, 1.807) is 0 Å². The van der Waals surface area contributed by atoms with Crippen molar-refractivity contribution in [2.24, 2.45) is 0 Å². The van der Waals surface area contributed by atoms with Gasteiger partial charge in [0.05, 0.1) is 6.61 Å². The molecule has 1 aromatic heterocycles. The van der Waals surface area contributed by atoms with Gasteiger partial charge in [0, 0.05) is 6.54 Å². The molecule has 0 aliphatic heterocycles. The van der Waals surface area contributed by atoms with Crippen LogP contribution in [0, 0.1) is 6.92 Å². The molecular weight excluding hydrogens is 266 g/mol. The van der Waals surface area contributed by atoms with Crippen molar-refractivity contribution in [3.8, 4) is 6.01 Å². The molecule has 3 N–H and O–H groups in total. The minimum atomic E-state index is 0.161. The van der Waals surface area contributed by atoms with Gasteiger partial charge in [-0.15, -0.1) is 0 Å². The van der Waals surface area contributed by atoms with Gasteiger partial charge in [-0.05, 0) is 25.3 Å².